The SMILES string of the molecule is N#Cc1ccc(NC(=O)NC2(CO)CCC2)cc1. The summed E-state index contributed by atoms with van der Waals surface area (Å²) in [6.07, 6.45) is 2.65. The number of rotatable bonds is 3. The van der Waals surface area contributed by atoms with Crippen LogP contribution in [-0.2, 0) is 0 Å². The van der Waals surface area contributed by atoms with E-state index in [-0.39, 0.29) is 12.6 Å². The highest BCUT2D eigenvalue weighted by molar-refractivity contribution is 5.89. The van der Waals surface area contributed by atoms with E-state index in [0.717, 1.165) is 19.3 Å². The molecule has 1 aromatic carbocycles. The molecule has 1 aromatic rings. The van der Waals surface area contributed by atoms with Crippen molar-refractivity contribution in [1.82, 2.24) is 5.32 Å². The van der Waals surface area contributed by atoms with Gasteiger partial charge in [0.25, 0.3) is 0 Å². The third kappa shape index (κ3) is 2.60. The molecule has 5 heteroatoms. The van der Waals surface area contributed by atoms with Crippen LogP contribution < -0.4 is 10.6 Å². The predicted octanol–water partition coefficient (Wildman–Crippen LogP) is 1.59. The van der Waals surface area contributed by atoms with Gasteiger partial charge in [-0.05, 0) is 43.5 Å². The lowest BCUT2D eigenvalue weighted by molar-refractivity contribution is 0.0984. The molecule has 0 bridgehead atoms. The van der Waals surface area contributed by atoms with E-state index in [1.165, 1.54) is 0 Å². The molecule has 1 saturated carbocycles. The molecule has 1 aliphatic carbocycles. The Morgan fingerprint density at radius 1 is 1.39 bits per heavy atom. The van der Waals surface area contributed by atoms with Crippen LogP contribution in [0.2, 0.25) is 0 Å². The van der Waals surface area contributed by atoms with Crippen molar-refractivity contribution in [2.24, 2.45) is 0 Å². The number of carbonyl (C=O) groups excluding carboxylic acids is 1. The zero-order valence-corrected chi connectivity index (χ0v) is 9.94. The Morgan fingerprint density at radius 3 is 2.50 bits per heavy atom. The number of aliphatic hydroxyl groups is 1. The van der Waals surface area contributed by atoms with Gasteiger partial charge in [-0.3, -0.25) is 0 Å². The fraction of sp³-hybridized carbons (Fsp3) is 0.385. The van der Waals surface area contributed by atoms with E-state index in [9.17, 15) is 9.90 Å². The van der Waals surface area contributed by atoms with E-state index >= 15 is 0 Å². The number of nitrogens with one attached hydrogen (secondary N) is 2. The second-order valence-electron chi connectivity index (χ2n) is 4.56. The van der Waals surface area contributed by atoms with Crippen molar-refractivity contribution in [3.05, 3.63) is 29.8 Å². The second kappa shape index (κ2) is 5.07. The summed E-state index contributed by atoms with van der Waals surface area (Å²) in [6.45, 7) is -0.0339. The molecule has 3 N–H and O–H groups in total. The molecule has 2 rings (SSSR count). The Hall–Kier alpha value is -2.06. The Labute approximate surface area is 105 Å². The van der Waals surface area contributed by atoms with Crippen molar-refractivity contribution in [3.63, 3.8) is 0 Å². The van der Waals surface area contributed by atoms with Crippen molar-refractivity contribution < 1.29 is 9.90 Å². The molecule has 0 unspecified atom stereocenters. The fourth-order valence-corrected chi connectivity index (χ4v) is 1.96. The first-order valence-corrected chi connectivity index (χ1v) is 5.88. The summed E-state index contributed by atoms with van der Waals surface area (Å²) in [7, 11) is 0. The molecule has 1 aliphatic rings. The maximum absolute atomic E-state index is 11.7. The van der Waals surface area contributed by atoms with Crippen LogP contribution in [0, 0.1) is 11.3 Å². The number of hydrogen-bond donors (Lipinski definition) is 3. The van der Waals surface area contributed by atoms with Crippen LogP contribution in [0.15, 0.2) is 24.3 Å². The van der Waals surface area contributed by atoms with Crippen LogP contribution in [0.3, 0.4) is 0 Å². The Kier molecular flexibility index (Phi) is 3.49. The predicted molar refractivity (Wildman–Crippen MR) is 67.0 cm³/mol. The van der Waals surface area contributed by atoms with E-state index < -0.39 is 5.54 Å². The number of carbonyl (C=O) groups is 1. The van der Waals surface area contributed by atoms with Gasteiger partial charge in [-0.25, -0.2) is 4.79 Å². The monoisotopic (exact) mass is 245 g/mol. The molecule has 94 valence electrons. The van der Waals surface area contributed by atoms with Crippen molar-refractivity contribution in [2.75, 3.05) is 11.9 Å². The molecule has 0 saturated heterocycles. The smallest absolute Gasteiger partial charge is 0.319 e. The van der Waals surface area contributed by atoms with Gasteiger partial charge in [-0.1, -0.05) is 0 Å². The molecule has 0 atom stereocenters. The largest absolute Gasteiger partial charge is 0.394 e. The first kappa shape index (κ1) is 12.4. The summed E-state index contributed by atoms with van der Waals surface area (Å²) < 4.78 is 0. The summed E-state index contributed by atoms with van der Waals surface area (Å²) >= 11 is 0. The van der Waals surface area contributed by atoms with Crippen molar-refractivity contribution >= 4 is 11.7 Å². The quantitative estimate of drug-likeness (QED) is 0.756. The number of amides is 2. The summed E-state index contributed by atoms with van der Waals surface area (Å²) in [6, 6.07) is 8.31. The topological polar surface area (TPSA) is 85.2 Å². The van der Waals surface area contributed by atoms with Gasteiger partial charge >= 0.3 is 6.03 Å². The Morgan fingerprint density at radius 2 is 2.06 bits per heavy atom. The van der Waals surface area contributed by atoms with E-state index in [1.54, 1.807) is 24.3 Å². The fourth-order valence-electron chi connectivity index (χ4n) is 1.96. The van der Waals surface area contributed by atoms with Crippen LogP contribution in [0.25, 0.3) is 0 Å². The maximum atomic E-state index is 11.7. The van der Waals surface area contributed by atoms with Gasteiger partial charge in [0.2, 0.25) is 0 Å². The lowest BCUT2D eigenvalue weighted by Gasteiger charge is -2.40. The van der Waals surface area contributed by atoms with Crippen molar-refractivity contribution in [3.8, 4) is 6.07 Å². The van der Waals surface area contributed by atoms with E-state index in [2.05, 4.69) is 10.6 Å². The molecule has 0 heterocycles. The second-order valence-corrected chi connectivity index (χ2v) is 4.56. The van der Waals surface area contributed by atoms with Gasteiger partial charge in [-0.15, -0.1) is 0 Å². The van der Waals surface area contributed by atoms with Crippen molar-refractivity contribution in [2.45, 2.75) is 24.8 Å². The number of anilines is 1. The zero-order valence-electron chi connectivity index (χ0n) is 9.94. The molecular weight excluding hydrogens is 230 g/mol. The van der Waals surface area contributed by atoms with Gasteiger partial charge in [0.1, 0.15) is 0 Å². The molecule has 1 fully saturated rings. The minimum Gasteiger partial charge on any atom is -0.394 e. The summed E-state index contributed by atoms with van der Waals surface area (Å²) in [5, 5.41) is 23.4. The molecule has 5 nitrogen and oxygen atoms in total. The summed E-state index contributed by atoms with van der Waals surface area (Å²) in [5.41, 5.74) is 0.724. The molecule has 2 amide bonds. The summed E-state index contributed by atoms with van der Waals surface area (Å²) in [5.74, 6) is 0. The number of benzene rings is 1. The van der Waals surface area contributed by atoms with Gasteiger partial charge in [0, 0.05) is 5.69 Å². The Balaban J connectivity index is 1.92. The third-order valence-corrected chi connectivity index (χ3v) is 3.26. The minimum absolute atomic E-state index is 0.0339. The molecular formula is C13H15N3O2. The van der Waals surface area contributed by atoms with Gasteiger partial charge in [0.15, 0.2) is 0 Å². The highest BCUT2D eigenvalue weighted by Gasteiger charge is 2.37. The van der Waals surface area contributed by atoms with E-state index in [1.807, 2.05) is 6.07 Å². The third-order valence-electron chi connectivity index (χ3n) is 3.26. The number of urea groups is 1. The molecule has 0 spiro atoms. The average Bonchev–Trinajstić information content (AvgIpc) is 2.35. The first-order valence-electron chi connectivity index (χ1n) is 5.88. The normalized spacial score (nSPS) is 16.2. The van der Waals surface area contributed by atoms with Crippen LogP contribution in [0.5, 0.6) is 0 Å². The van der Waals surface area contributed by atoms with Crippen LogP contribution in [-0.4, -0.2) is 23.3 Å². The van der Waals surface area contributed by atoms with Crippen LogP contribution in [0.1, 0.15) is 24.8 Å². The molecule has 0 radical (unpaired) electrons. The lowest BCUT2D eigenvalue weighted by atomic mass is 9.77. The highest BCUT2D eigenvalue weighted by atomic mass is 16.3. The molecule has 18 heavy (non-hydrogen) atoms. The average molecular weight is 245 g/mol. The zero-order chi connectivity index (χ0) is 13.0. The number of aliphatic hydroxyl groups excluding tert-OH is 1. The minimum atomic E-state index is -0.448. The first-order chi connectivity index (χ1) is 8.67. The van der Waals surface area contributed by atoms with Gasteiger partial charge in [-0.2, -0.15) is 5.26 Å². The number of hydrogen-bond acceptors (Lipinski definition) is 3. The van der Waals surface area contributed by atoms with Crippen molar-refractivity contribution in [1.29, 1.82) is 5.26 Å². The number of nitrogens with zero attached hydrogens (tertiary/aromatic N) is 1. The van der Waals surface area contributed by atoms with Gasteiger partial charge in [0.05, 0.1) is 23.8 Å². The summed E-state index contributed by atoms with van der Waals surface area (Å²) in [4.78, 5) is 11.7. The van der Waals surface area contributed by atoms with E-state index in [4.69, 9.17) is 5.26 Å². The highest BCUT2D eigenvalue weighted by Crippen LogP contribution is 2.31. The molecule has 0 aliphatic heterocycles. The van der Waals surface area contributed by atoms with Crippen LogP contribution in [0.4, 0.5) is 10.5 Å². The Bertz CT molecular complexity index is 466. The van der Waals surface area contributed by atoms with Crippen LogP contribution >= 0.6 is 0 Å². The molecule has 0 aromatic heterocycles. The lowest BCUT2D eigenvalue weighted by Crippen LogP contribution is -2.57. The number of nitriles is 1. The van der Waals surface area contributed by atoms with Gasteiger partial charge < -0.3 is 15.7 Å². The standard InChI is InChI=1S/C13H15N3O2/c14-8-10-2-4-11(5-3-10)15-12(18)16-13(9-17)6-1-7-13/h2-5,17H,1,6-7,9H2,(H2,15,16,18). The maximum Gasteiger partial charge on any atom is 0.319 e. The van der Waals surface area contributed by atoms with E-state index in [0.29, 0.717) is 11.3 Å².